The van der Waals surface area contributed by atoms with E-state index in [4.69, 9.17) is 10.5 Å². The van der Waals surface area contributed by atoms with Crippen LogP contribution in [0.3, 0.4) is 0 Å². The van der Waals surface area contributed by atoms with Gasteiger partial charge in [-0.1, -0.05) is 0 Å². The fraction of sp³-hybridized carbons (Fsp3) is 0.909. The van der Waals surface area contributed by atoms with E-state index in [1.165, 1.54) is 4.90 Å². The lowest BCUT2D eigenvalue weighted by Gasteiger charge is -2.25. The summed E-state index contributed by atoms with van der Waals surface area (Å²) in [5, 5.41) is 0. The average Bonchev–Trinajstić information content (AvgIpc) is 3.02. The van der Waals surface area contributed by atoms with E-state index in [0.29, 0.717) is 13.0 Å². The third-order valence-electron chi connectivity index (χ3n) is 3.25. The van der Waals surface area contributed by atoms with Gasteiger partial charge in [0.1, 0.15) is 6.10 Å². The molecule has 0 unspecified atom stereocenters. The highest BCUT2D eigenvalue weighted by Gasteiger charge is 2.40. The lowest BCUT2D eigenvalue weighted by atomic mass is 10.2. The van der Waals surface area contributed by atoms with Crippen molar-refractivity contribution in [1.82, 2.24) is 4.90 Å². The predicted molar refractivity (Wildman–Crippen MR) is 57.7 cm³/mol. The number of amides is 1. The van der Waals surface area contributed by atoms with Crippen LogP contribution in [-0.4, -0.2) is 48.6 Å². The molecule has 2 atom stereocenters. The van der Waals surface area contributed by atoms with E-state index < -0.39 is 19.1 Å². The molecule has 1 heterocycles. The fourth-order valence-electron chi connectivity index (χ4n) is 2.20. The number of nitrogens with two attached hydrogens (primary N) is 1. The number of hydrogen-bond acceptors (Lipinski definition) is 3. The highest BCUT2D eigenvalue weighted by Crippen LogP contribution is 2.30. The molecule has 2 rings (SSSR count). The number of rotatable bonds is 5. The zero-order valence-electron chi connectivity index (χ0n) is 9.65. The fourth-order valence-corrected chi connectivity index (χ4v) is 2.20. The molecule has 0 radical (unpaired) electrons. The Kier molecular flexibility index (Phi) is 3.93. The van der Waals surface area contributed by atoms with E-state index in [9.17, 15) is 13.6 Å². The van der Waals surface area contributed by atoms with Gasteiger partial charge >= 0.3 is 0 Å². The monoisotopic (exact) mass is 248 g/mol. The Morgan fingerprint density at radius 1 is 1.35 bits per heavy atom. The minimum atomic E-state index is -2.48. The van der Waals surface area contributed by atoms with E-state index in [1.54, 1.807) is 0 Å². The molecule has 2 fully saturated rings. The van der Waals surface area contributed by atoms with Crippen molar-refractivity contribution in [1.29, 1.82) is 0 Å². The first kappa shape index (κ1) is 12.7. The van der Waals surface area contributed by atoms with Crippen LogP contribution in [0.1, 0.15) is 25.7 Å². The van der Waals surface area contributed by atoms with Crippen LogP contribution in [0, 0.1) is 0 Å². The van der Waals surface area contributed by atoms with Crippen LogP contribution in [-0.2, 0) is 9.53 Å². The van der Waals surface area contributed by atoms with Crippen LogP contribution in [0.15, 0.2) is 0 Å². The van der Waals surface area contributed by atoms with Crippen molar-refractivity contribution in [2.45, 2.75) is 50.4 Å². The summed E-state index contributed by atoms with van der Waals surface area (Å²) < 4.78 is 30.3. The van der Waals surface area contributed by atoms with Crippen molar-refractivity contribution < 1.29 is 18.3 Å². The zero-order valence-corrected chi connectivity index (χ0v) is 9.65. The number of nitrogens with zero attached hydrogens (tertiary/aromatic N) is 1. The first-order chi connectivity index (χ1) is 8.11. The number of carbonyl (C=O) groups excluding carboxylic acids is 1. The topological polar surface area (TPSA) is 55.6 Å². The second-order valence-corrected chi connectivity index (χ2v) is 4.67. The second kappa shape index (κ2) is 5.27. The number of halogens is 2. The molecule has 98 valence electrons. The lowest BCUT2D eigenvalue weighted by molar-refractivity contribution is -0.145. The van der Waals surface area contributed by atoms with Gasteiger partial charge in [0.2, 0.25) is 0 Å². The highest BCUT2D eigenvalue weighted by molar-refractivity contribution is 5.81. The van der Waals surface area contributed by atoms with E-state index in [2.05, 4.69) is 0 Å². The Labute approximate surface area is 99.1 Å². The number of carbonyl (C=O) groups is 1. The normalized spacial score (nSPS) is 28.7. The van der Waals surface area contributed by atoms with Crippen molar-refractivity contribution in [3.63, 3.8) is 0 Å². The largest absolute Gasteiger partial charge is 0.364 e. The van der Waals surface area contributed by atoms with Gasteiger partial charge in [0.15, 0.2) is 0 Å². The SMILES string of the molecule is NC[C@H]1CC[C@@H](C(=O)N(CC(F)F)C2CC2)O1. The van der Waals surface area contributed by atoms with Crippen molar-refractivity contribution >= 4 is 5.91 Å². The molecule has 1 amide bonds. The van der Waals surface area contributed by atoms with Crippen LogP contribution >= 0.6 is 0 Å². The summed E-state index contributed by atoms with van der Waals surface area (Å²) in [4.78, 5) is 13.3. The van der Waals surface area contributed by atoms with Crippen LogP contribution in [0.5, 0.6) is 0 Å². The second-order valence-electron chi connectivity index (χ2n) is 4.67. The lowest BCUT2D eigenvalue weighted by Crippen LogP contribution is -2.43. The number of hydrogen-bond donors (Lipinski definition) is 1. The molecule has 0 aromatic heterocycles. The molecule has 2 aliphatic rings. The Morgan fingerprint density at radius 3 is 2.53 bits per heavy atom. The van der Waals surface area contributed by atoms with Gasteiger partial charge in [-0.3, -0.25) is 4.79 Å². The quantitative estimate of drug-likeness (QED) is 0.781. The summed E-state index contributed by atoms with van der Waals surface area (Å²) in [6.07, 6.45) is -0.171. The van der Waals surface area contributed by atoms with Crippen LogP contribution in [0.25, 0.3) is 0 Å². The zero-order chi connectivity index (χ0) is 12.4. The van der Waals surface area contributed by atoms with Crippen molar-refractivity contribution in [2.75, 3.05) is 13.1 Å². The van der Waals surface area contributed by atoms with Gasteiger partial charge < -0.3 is 15.4 Å². The van der Waals surface area contributed by atoms with Crippen LogP contribution in [0.2, 0.25) is 0 Å². The highest BCUT2D eigenvalue weighted by atomic mass is 19.3. The Balaban J connectivity index is 1.92. The van der Waals surface area contributed by atoms with Gasteiger partial charge in [0, 0.05) is 12.6 Å². The molecule has 1 aliphatic carbocycles. The smallest absolute Gasteiger partial charge is 0.255 e. The van der Waals surface area contributed by atoms with Gasteiger partial charge in [-0.2, -0.15) is 0 Å². The van der Waals surface area contributed by atoms with Crippen LogP contribution < -0.4 is 5.73 Å². The Hall–Kier alpha value is -0.750. The molecule has 0 aromatic carbocycles. The number of alkyl halides is 2. The van der Waals surface area contributed by atoms with Gasteiger partial charge in [0.25, 0.3) is 12.3 Å². The summed E-state index contributed by atoms with van der Waals surface area (Å²) in [7, 11) is 0. The number of ether oxygens (including phenoxy) is 1. The van der Waals surface area contributed by atoms with Crippen molar-refractivity contribution in [3.8, 4) is 0 Å². The molecule has 2 N–H and O–H groups in total. The summed E-state index contributed by atoms with van der Waals surface area (Å²) >= 11 is 0. The minimum Gasteiger partial charge on any atom is -0.364 e. The summed E-state index contributed by atoms with van der Waals surface area (Å²) in [6.45, 7) is -0.0985. The van der Waals surface area contributed by atoms with Crippen molar-refractivity contribution in [2.24, 2.45) is 5.73 Å². The summed E-state index contributed by atoms with van der Waals surface area (Å²) in [5.41, 5.74) is 5.46. The van der Waals surface area contributed by atoms with Gasteiger partial charge in [-0.15, -0.1) is 0 Å². The first-order valence-corrected chi connectivity index (χ1v) is 6.06. The summed E-state index contributed by atoms with van der Waals surface area (Å²) in [5.74, 6) is -0.288. The molecule has 17 heavy (non-hydrogen) atoms. The molecule has 1 saturated heterocycles. The maximum Gasteiger partial charge on any atom is 0.255 e. The van der Waals surface area contributed by atoms with Gasteiger partial charge in [-0.05, 0) is 25.7 Å². The maximum absolute atomic E-state index is 12.4. The molecule has 0 spiro atoms. The van der Waals surface area contributed by atoms with Crippen LogP contribution in [0.4, 0.5) is 8.78 Å². The summed E-state index contributed by atoms with van der Waals surface area (Å²) in [6, 6.07) is -0.00275. The molecule has 1 saturated carbocycles. The average molecular weight is 248 g/mol. The maximum atomic E-state index is 12.4. The Bertz CT molecular complexity index is 285. The molecule has 1 aliphatic heterocycles. The van der Waals surface area contributed by atoms with E-state index in [0.717, 1.165) is 19.3 Å². The molecule has 6 heteroatoms. The Morgan fingerprint density at radius 2 is 2.06 bits per heavy atom. The van der Waals surface area contributed by atoms with Crippen molar-refractivity contribution in [3.05, 3.63) is 0 Å². The first-order valence-electron chi connectivity index (χ1n) is 6.06. The van der Waals surface area contributed by atoms with Gasteiger partial charge in [0.05, 0.1) is 12.6 Å². The molecular weight excluding hydrogens is 230 g/mol. The van der Waals surface area contributed by atoms with E-state index in [1.807, 2.05) is 0 Å². The third kappa shape index (κ3) is 3.13. The van der Waals surface area contributed by atoms with E-state index in [-0.39, 0.29) is 18.1 Å². The molecule has 0 bridgehead atoms. The predicted octanol–water partition coefficient (Wildman–Crippen LogP) is 0.749. The van der Waals surface area contributed by atoms with Gasteiger partial charge in [-0.25, -0.2) is 8.78 Å². The third-order valence-corrected chi connectivity index (χ3v) is 3.25. The minimum absolute atomic E-state index is 0.00275. The standard InChI is InChI=1S/C11H18F2N2O2/c12-10(13)6-15(7-1-2-7)11(16)9-4-3-8(5-14)17-9/h7-10H,1-6,14H2/t8-,9+/m1/s1. The molecule has 4 nitrogen and oxygen atoms in total. The van der Waals surface area contributed by atoms with E-state index >= 15 is 0 Å². The molecule has 0 aromatic rings. The molecular formula is C11H18F2N2O2.